The maximum absolute atomic E-state index is 12.3. The van der Waals surface area contributed by atoms with Crippen LogP contribution in [-0.4, -0.2) is 39.9 Å². The number of rotatable bonds is 9. The summed E-state index contributed by atoms with van der Waals surface area (Å²) in [6.45, 7) is 8.31. The summed E-state index contributed by atoms with van der Waals surface area (Å²) in [5.41, 5.74) is 3.29. The zero-order valence-electron chi connectivity index (χ0n) is 17.4. The number of para-hydroxylation sites is 1. The Hall–Kier alpha value is -2.89. The highest BCUT2D eigenvalue weighted by Gasteiger charge is 2.15. The molecule has 0 bridgehead atoms. The Labute approximate surface area is 167 Å². The smallest absolute Gasteiger partial charge is 0.315 e. The van der Waals surface area contributed by atoms with Crippen LogP contribution in [-0.2, 0) is 0 Å². The average molecular weight is 386 g/mol. The summed E-state index contributed by atoms with van der Waals surface area (Å²) >= 11 is 0. The molecule has 28 heavy (non-hydrogen) atoms. The van der Waals surface area contributed by atoms with Gasteiger partial charge in [0, 0.05) is 30.9 Å². The predicted octanol–water partition coefficient (Wildman–Crippen LogP) is 3.90. The van der Waals surface area contributed by atoms with Crippen LogP contribution in [0.15, 0.2) is 42.5 Å². The molecule has 1 atom stereocenters. The van der Waals surface area contributed by atoms with Crippen molar-refractivity contribution in [3.8, 4) is 11.5 Å². The number of carbonyl (C=O) groups excluding carboxylic acids is 1. The van der Waals surface area contributed by atoms with Crippen LogP contribution in [0.3, 0.4) is 0 Å². The van der Waals surface area contributed by atoms with Crippen LogP contribution in [0.5, 0.6) is 11.5 Å². The van der Waals surface area contributed by atoms with Crippen molar-refractivity contribution in [2.24, 2.45) is 0 Å². The molecule has 0 saturated carbocycles. The zero-order valence-corrected chi connectivity index (χ0v) is 17.4. The van der Waals surface area contributed by atoms with Gasteiger partial charge < -0.3 is 25.0 Å². The molecule has 2 aromatic carbocycles. The van der Waals surface area contributed by atoms with Gasteiger partial charge in [-0.1, -0.05) is 18.2 Å². The third-order valence-electron chi connectivity index (χ3n) is 4.76. The molecule has 6 heteroatoms. The minimum Gasteiger partial charge on any atom is -0.497 e. The number of ether oxygens (including phenoxy) is 2. The Balaban J connectivity index is 1.91. The van der Waals surface area contributed by atoms with Gasteiger partial charge in [-0.2, -0.15) is 0 Å². The molecule has 2 amide bonds. The predicted molar refractivity (Wildman–Crippen MR) is 114 cm³/mol. The first-order valence-electron chi connectivity index (χ1n) is 9.57. The van der Waals surface area contributed by atoms with Crippen LogP contribution in [0.4, 0.5) is 10.5 Å². The summed E-state index contributed by atoms with van der Waals surface area (Å²) < 4.78 is 10.7. The second-order valence-electron chi connectivity index (χ2n) is 6.60. The molecule has 2 N–H and O–H groups in total. The third kappa shape index (κ3) is 5.55. The lowest BCUT2D eigenvalue weighted by atomic mass is 10.1. The molecular weight excluding hydrogens is 354 g/mol. The number of aryl methyl sites for hydroxylation is 1. The molecule has 0 aromatic heterocycles. The molecular formula is C22H31N3O3. The number of hydrogen-bond acceptors (Lipinski definition) is 4. The Kier molecular flexibility index (Phi) is 7.99. The van der Waals surface area contributed by atoms with Crippen molar-refractivity contribution >= 4 is 11.7 Å². The van der Waals surface area contributed by atoms with Gasteiger partial charge in [-0.15, -0.1) is 0 Å². The molecule has 0 saturated heterocycles. The zero-order chi connectivity index (χ0) is 20.5. The summed E-state index contributed by atoms with van der Waals surface area (Å²) in [5.74, 6) is 1.44. The second-order valence-corrected chi connectivity index (χ2v) is 6.60. The Morgan fingerprint density at radius 1 is 1.14 bits per heavy atom. The quantitative estimate of drug-likeness (QED) is 0.687. The largest absolute Gasteiger partial charge is 0.497 e. The molecule has 152 valence electrons. The first-order chi connectivity index (χ1) is 13.5. The van der Waals surface area contributed by atoms with Crippen LogP contribution >= 0.6 is 0 Å². The average Bonchev–Trinajstić information content (AvgIpc) is 2.71. The van der Waals surface area contributed by atoms with Gasteiger partial charge in [0.1, 0.15) is 11.5 Å². The van der Waals surface area contributed by atoms with Crippen LogP contribution in [0, 0.1) is 6.92 Å². The molecule has 0 heterocycles. The van der Waals surface area contributed by atoms with Gasteiger partial charge in [0.2, 0.25) is 0 Å². The molecule has 6 nitrogen and oxygen atoms in total. The van der Waals surface area contributed by atoms with E-state index in [9.17, 15) is 4.79 Å². The first-order valence-corrected chi connectivity index (χ1v) is 9.57. The summed E-state index contributed by atoms with van der Waals surface area (Å²) in [4.78, 5) is 14.6. The minimum atomic E-state index is -0.219. The molecule has 0 aliphatic rings. The van der Waals surface area contributed by atoms with Gasteiger partial charge >= 0.3 is 6.03 Å². The Bertz CT molecular complexity index is 779. The Morgan fingerprint density at radius 2 is 1.89 bits per heavy atom. The monoisotopic (exact) mass is 385 g/mol. The summed E-state index contributed by atoms with van der Waals surface area (Å²) in [6, 6.07) is 13.4. The highest BCUT2D eigenvalue weighted by atomic mass is 16.5. The number of likely N-dealkylation sites (N-methyl/N-ethyl adjacent to an activating group) is 1. The molecule has 2 rings (SSSR count). The van der Waals surface area contributed by atoms with Crippen molar-refractivity contribution in [3.05, 3.63) is 53.6 Å². The normalized spacial score (nSPS) is 11.5. The van der Waals surface area contributed by atoms with E-state index in [0.29, 0.717) is 12.3 Å². The number of urea groups is 1. The van der Waals surface area contributed by atoms with Gasteiger partial charge in [-0.3, -0.25) is 0 Å². The van der Waals surface area contributed by atoms with Gasteiger partial charge in [-0.25, -0.2) is 4.79 Å². The van der Waals surface area contributed by atoms with E-state index in [4.69, 9.17) is 9.47 Å². The van der Waals surface area contributed by atoms with Crippen molar-refractivity contribution in [2.45, 2.75) is 26.8 Å². The molecule has 0 radical (unpaired) electrons. The lowest BCUT2D eigenvalue weighted by Crippen LogP contribution is -2.41. The van der Waals surface area contributed by atoms with Crippen LogP contribution in [0.2, 0.25) is 0 Å². The van der Waals surface area contributed by atoms with Gasteiger partial charge in [0.15, 0.2) is 0 Å². The highest BCUT2D eigenvalue weighted by molar-refractivity contribution is 5.74. The van der Waals surface area contributed by atoms with Gasteiger partial charge in [-0.05, 0) is 50.6 Å². The standard InChI is InChI=1S/C22H31N3O3/c1-6-25(20-10-8-7-9-16(20)2)14-13-23-22(26)24-17(3)19-15-18(27-4)11-12-21(19)28-5/h7-12,15,17H,6,13-14H2,1-5H3,(H2,23,24,26). The van der Waals surface area contributed by atoms with Crippen molar-refractivity contribution in [1.29, 1.82) is 0 Å². The fourth-order valence-corrected chi connectivity index (χ4v) is 3.17. The van der Waals surface area contributed by atoms with E-state index in [0.717, 1.165) is 24.4 Å². The summed E-state index contributed by atoms with van der Waals surface area (Å²) in [5, 5.41) is 5.90. The van der Waals surface area contributed by atoms with Crippen LogP contribution in [0.25, 0.3) is 0 Å². The molecule has 0 fully saturated rings. The number of anilines is 1. The summed E-state index contributed by atoms with van der Waals surface area (Å²) in [6.07, 6.45) is 0. The van der Waals surface area contributed by atoms with E-state index in [1.54, 1.807) is 14.2 Å². The third-order valence-corrected chi connectivity index (χ3v) is 4.76. The van der Waals surface area contributed by atoms with Gasteiger partial charge in [0.05, 0.1) is 20.3 Å². The SMILES string of the molecule is CCN(CCNC(=O)NC(C)c1cc(OC)ccc1OC)c1ccccc1C. The second kappa shape index (κ2) is 10.4. The lowest BCUT2D eigenvalue weighted by Gasteiger charge is -2.25. The number of benzene rings is 2. The molecule has 2 aromatic rings. The van der Waals surface area contributed by atoms with E-state index in [2.05, 4.69) is 41.5 Å². The Morgan fingerprint density at radius 3 is 2.54 bits per heavy atom. The molecule has 0 aliphatic heterocycles. The first kappa shape index (κ1) is 21.4. The maximum Gasteiger partial charge on any atom is 0.315 e. The van der Waals surface area contributed by atoms with Crippen LogP contribution in [0.1, 0.15) is 31.0 Å². The van der Waals surface area contributed by atoms with Crippen LogP contribution < -0.4 is 25.0 Å². The molecule has 0 aliphatic carbocycles. The topological polar surface area (TPSA) is 62.8 Å². The number of carbonyl (C=O) groups is 1. The van der Waals surface area contributed by atoms with E-state index in [-0.39, 0.29) is 12.1 Å². The van der Waals surface area contributed by atoms with Crippen molar-refractivity contribution in [1.82, 2.24) is 10.6 Å². The van der Waals surface area contributed by atoms with Crippen molar-refractivity contribution in [2.75, 3.05) is 38.8 Å². The lowest BCUT2D eigenvalue weighted by molar-refractivity contribution is 0.238. The number of hydrogen-bond donors (Lipinski definition) is 2. The van der Waals surface area contributed by atoms with Crippen molar-refractivity contribution in [3.63, 3.8) is 0 Å². The number of methoxy groups -OCH3 is 2. The van der Waals surface area contributed by atoms with E-state index < -0.39 is 0 Å². The molecule has 1 unspecified atom stereocenters. The fraction of sp³-hybridized carbons (Fsp3) is 0.409. The molecule has 0 spiro atoms. The minimum absolute atomic E-state index is 0.210. The van der Waals surface area contributed by atoms with E-state index in [1.165, 1.54) is 11.3 Å². The van der Waals surface area contributed by atoms with Crippen molar-refractivity contribution < 1.29 is 14.3 Å². The number of nitrogens with one attached hydrogen (secondary N) is 2. The summed E-state index contributed by atoms with van der Waals surface area (Å²) in [7, 11) is 3.23. The fourth-order valence-electron chi connectivity index (χ4n) is 3.17. The maximum atomic E-state index is 12.3. The number of amides is 2. The van der Waals surface area contributed by atoms with Gasteiger partial charge in [0.25, 0.3) is 0 Å². The van der Waals surface area contributed by atoms with E-state index in [1.807, 2.05) is 37.3 Å². The van der Waals surface area contributed by atoms with E-state index >= 15 is 0 Å². The highest BCUT2D eigenvalue weighted by Crippen LogP contribution is 2.29. The number of nitrogens with zero attached hydrogens (tertiary/aromatic N) is 1.